The van der Waals surface area contributed by atoms with E-state index < -0.39 is 29.6 Å². The Hall–Kier alpha value is -2.74. The molecule has 3 aliphatic heterocycles. The number of benzene rings is 1. The molecule has 1 saturated carbocycles. The summed E-state index contributed by atoms with van der Waals surface area (Å²) in [5.74, 6) is -2.42. The molecule has 3 fully saturated rings. The summed E-state index contributed by atoms with van der Waals surface area (Å²) >= 11 is 0. The van der Waals surface area contributed by atoms with Crippen molar-refractivity contribution in [1.82, 2.24) is 15.5 Å². The van der Waals surface area contributed by atoms with Crippen LogP contribution in [0.3, 0.4) is 0 Å². The second kappa shape index (κ2) is 6.38. The summed E-state index contributed by atoms with van der Waals surface area (Å²) in [4.78, 5) is 40.7. The van der Waals surface area contributed by atoms with Crippen LogP contribution < -0.4 is 10.6 Å². The zero-order valence-corrected chi connectivity index (χ0v) is 15.9. The molecule has 3 heterocycles. The lowest BCUT2D eigenvalue weighted by atomic mass is 9.74. The van der Waals surface area contributed by atoms with E-state index >= 15 is 0 Å². The predicted molar refractivity (Wildman–Crippen MR) is 99.7 cm³/mol. The highest BCUT2D eigenvalue weighted by Crippen LogP contribution is 2.56. The molecule has 152 valence electrons. The van der Waals surface area contributed by atoms with Crippen molar-refractivity contribution in [3.05, 3.63) is 47.8 Å². The highest BCUT2D eigenvalue weighted by Gasteiger charge is 2.73. The van der Waals surface area contributed by atoms with Gasteiger partial charge in [-0.3, -0.25) is 14.4 Å². The number of hydrogen-bond donors (Lipinski definition) is 2. The van der Waals surface area contributed by atoms with Gasteiger partial charge in [-0.15, -0.1) is 0 Å². The van der Waals surface area contributed by atoms with Crippen LogP contribution in [0, 0.1) is 17.7 Å². The minimum absolute atomic E-state index is 0.00503. The molecule has 29 heavy (non-hydrogen) atoms. The average Bonchev–Trinajstić information content (AvgIpc) is 3.32. The van der Waals surface area contributed by atoms with Crippen molar-refractivity contribution in [2.75, 3.05) is 7.05 Å². The van der Waals surface area contributed by atoms with Crippen molar-refractivity contribution < 1.29 is 23.5 Å². The number of nitrogens with zero attached hydrogens (tertiary/aromatic N) is 1. The summed E-state index contributed by atoms with van der Waals surface area (Å²) in [6, 6.07) is 5.08. The van der Waals surface area contributed by atoms with E-state index in [1.54, 1.807) is 29.2 Å². The van der Waals surface area contributed by atoms with Crippen molar-refractivity contribution in [2.24, 2.45) is 11.8 Å². The van der Waals surface area contributed by atoms with Crippen molar-refractivity contribution in [1.29, 1.82) is 0 Å². The number of carbonyl (C=O) groups excluding carboxylic acids is 3. The van der Waals surface area contributed by atoms with Crippen LogP contribution in [0.2, 0.25) is 0 Å². The molecular weight excluding hydrogens is 377 g/mol. The lowest BCUT2D eigenvalue weighted by molar-refractivity contribution is -0.142. The largest absolute Gasteiger partial charge is 0.359 e. The number of fused-ring (bicyclic) bond motifs is 1. The topological polar surface area (TPSA) is 87.7 Å². The van der Waals surface area contributed by atoms with E-state index in [1.807, 2.05) is 0 Å². The molecule has 7 nitrogen and oxygen atoms in total. The maximum atomic E-state index is 13.3. The van der Waals surface area contributed by atoms with Gasteiger partial charge in [0, 0.05) is 19.6 Å². The third-order valence-corrected chi connectivity index (χ3v) is 6.43. The number of hydrogen-bond acceptors (Lipinski definition) is 4. The first-order valence-electron chi connectivity index (χ1n) is 9.89. The minimum atomic E-state index is -1.12. The molecule has 2 saturated heterocycles. The monoisotopic (exact) mass is 399 g/mol. The Morgan fingerprint density at radius 3 is 2.62 bits per heavy atom. The lowest BCUT2D eigenvalue weighted by Gasteiger charge is -2.32. The zero-order chi connectivity index (χ0) is 20.3. The lowest BCUT2D eigenvalue weighted by Crippen LogP contribution is -2.55. The van der Waals surface area contributed by atoms with Gasteiger partial charge in [-0.1, -0.05) is 24.3 Å². The van der Waals surface area contributed by atoms with Gasteiger partial charge in [-0.25, -0.2) is 4.39 Å². The Bertz CT molecular complexity index is 913. The number of rotatable bonds is 5. The van der Waals surface area contributed by atoms with Crippen LogP contribution in [0.4, 0.5) is 4.39 Å². The van der Waals surface area contributed by atoms with Gasteiger partial charge in [0.05, 0.1) is 17.9 Å². The molecule has 2 bridgehead atoms. The van der Waals surface area contributed by atoms with Gasteiger partial charge in [0.25, 0.3) is 0 Å². The number of amides is 3. The predicted octanol–water partition coefficient (Wildman–Crippen LogP) is 0.501. The van der Waals surface area contributed by atoms with Crippen LogP contribution in [-0.2, 0) is 25.7 Å². The normalized spacial score (nSPS) is 34.4. The van der Waals surface area contributed by atoms with Gasteiger partial charge in [0.1, 0.15) is 17.5 Å². The standard InChI is InChI=1S/C21H22FN3O4/c1-23-18(26)15-14-8-9-21(29-14)16(15)20(28)25(13-6-7-13)17(21)19(27)24-10-11-2-4-12(22)5-3-11/h2-5,8-9,13-17H,6-7,10H2,1H3,(H,23,26)(H,24,27)/t14-,15-,16-,17+,21-/m0/s1. The van der Waals surface area contributed by atoms with Crippen LogP contribution in [0.1, 0.15) is 18.4 Å². The fourth-order valence-corrected chi connectivity index (χ4v) is 5.01. The second-order valence-corrected chi connectivity index (χ2v) is 8.14. The quantitative estimate of drug-likeness (QED) is 0.706. The van der Waals surface area contributed by atoms with E-state index in [4.69, 9.17) is 4.74 Å². The maximum absolute atomic E-state index is 13.3. The summed E-state index contributed by atoms with van der Waals surface area (Å²) in [7, 11) is 1.54. The van der Waals surface area contributed by atoms with Crippen molar-refractivity contribution in [2.45, 2.75) is 43.2 Å². The smallest absolute Gasteiger partial charge is 0.246 e. The van der Waals surface area contributed by atoms with Crippen LogP contribution >= 0.6 is 0 Å². The fraction of sp³-hybridized carbons (Fsp3) is 0.476. The van der Waals surface area contributed by atoms with E-state index in [-0.39, 0.29) is 36.1 Å². The van der Waals surface area contributed by atoms with E-state index in [0.717, 1.165) is 18.4 Å². The van der Waals surface area contributed by atoms with E-state index in [9.17, 15) is 18.8 Å². The Morgan fingerprint density at radius 1 is 1.24 bits per heavy atom. The Morgan fingerprint density at radius 2 is 1.97 bits per heavy atom. The fourth-order valence-electron chi connectivity index (χ4n) is 5.01. The Balaban J connectivity index is 1.44. The molecule has 1 aromatic carbocycles. The third-order valence-electron chi connectivity index (χ3n) is 6.43. The zero-order valence-electron chi connectivity index (χ0n) is 15.9. The van der Waals surface area contributed by atoms with Crippen LogP contribution in [0.5, 0.6) is 0 Å². The molecular formula is C21H22FN3O4. The van der Waals surface area contributed by atoms with Gasteiger partial charge in [0.2, 0.25) is 17.7 Å². The van der Waals surface area contributed by atoms with E-state index in [1.165, 1.54) is 19.2 Å². The summed E-state index contributed by atoms with van der Waals surface area (Å²) in [6.45, 7) is 0.217. The molecule has 8 heteroatoms. The molecule has 1 spiro atoms. The summed E-state index contributed by atoms with van der Waals surface area (Å²) in [5.41, 5.74) is -0.361. The first-order valence-corrected chi connectivity index (χ1v) is 9.89. The summed E-state index contributed by atoms with van der Waals surface area (Å²) in [5, 5.41) is 5.49. The number of likely N-dealkylation sites (tertiary alicyclic amines) is 1. The van der Waals surface area contributed by atoms with E-state index in [2.05, 4.69) is 10.6 Å². The number of carbonyl (C=O) groups is 3. The van der Waals surface area contributed by atoms with Gasteiger partial charge < -0.3 is 20.3 Å². The van der Waals surface area contributed by atoms with Crippen LogP contribution in [0.25, 0.3) is 0 Å². The van der Waals surface area contributed by atoms with Gasteiger partial charge >= 0.3 is 0 Å². The highest BCUT2D eigenvalue weighted by molar-refractivity contribution is 6.00. The molecule has 0 unspecified atom stereocenters. The maximum Gasteiger partial charge on any atom is 0.246 e. The molecule has 0 aromatic heterocycles. The SMILES string of the molecule is CNC(=O)[C@H]1[C@@H]2C=C[C@]3(O2)[C@@H]1C(=O)N(C1CC1)[C@@H]3C(=O)NCc1ccc(F)cc1. The highest BCUT2D eigenvalue weighted by atomic mass is 19.1. The summed E-state index contributed by atoms with van der Waals surface area (Å²) in [6.07, 6.45) is 4.77. The first-order chi connectivity index (χ1) is 14.0. The van der Waals surface area contributed by atoms with Crippen molar-refractivity contribution in [3.63, 3.8) is 0 Å². The number of ether oxygens (including phenoxy) is 1. The second-order valence-electron chi connectivity index (χ2n) is 8.14. The molecule has 1 aromatic rings. The molecule has 2 N–H and O–H groups in total. The molecule has 4 aliphatic rings. The first kappa shape index (κ1) is 18.3. The third kappa shape index (κ3) is 2.62. The van der Waals surface area contributed by atoms with Crippen molar-refractivity contribution >= 4 is 17.7 Å². The minimum Gasteiger partial charge on any atom is -0.359 e. The van der Waals surface area contributed by atoms with Gasteiger partial charge in [0.15, 0.2) is 0 Å². The Labute approximate surface area is 167 Å². The van der Waals surface area contributed by atoms with Crippen LogP contribution in [-0.4, -0.2) is 53.5 Å². The molecule has 0 radical (unpaired) electrons. The molecule has 1 aliphatic carbocycles. The van der Waals surface area contributed by atoms with Gasteiger partial charge in [-0.05, 0) is 30.5 Å². The van der Waals surface area contributed by atoms with E-state index in [0.29, 0.717) is 0 Å². The number of nitrogens with one attached hydrogen (secondary N) is 2. The van der Waals surface area contributed by atoms with Crippen molar-refractivity contribution in [3.8, 4) is 0 Å². The molecule has 5 rings (SSSR count). The van der Waals surface area contributed by atoms with Crippen LogP contribution in [0.15, 0.2) is 36.4 Å². The Kier molecular flexibility index (Phi) is 4.03. The number of halogens is 1. The molecule has 3 amide bonds. The van der Waals surface area contributed by atoms with Gasteiger partial charge in [-0.2, -0.15) is 0 Å². The molecule has 5 atom stereocenters. The average molecular weight is 399 g/mol. The summed E-state index contributed by atoms with van der Waals surface area (Å²) < 4.78 is 19.3.